The molecule has 1 atom stereocenters. The summed E-state index contributed by atoms with van der Waals surface area (Å²) in [6, 6.07) is 19.5. The van der Waals surface area contributed by atoms with Crippen molar-refractivity contribution in [3.05, 3.63) is 102 Å². The van der Waals surface area contributed by atoms with Gasteiger partial charge in [0.25, 0.3) is 0 Å². The minimum Gasteiger partial charge on any atom is -0.496 e. The molecule has 0 N–H and O–H groups in total. The summed E-state index contributed by atoms with van der Waals surface area (Å²) in [6.07, 6.45) is 10.4. The molecule has 0 fully saturated rings. The second-order valence-corrected chi connectivity index (χ2v) is 12.4. The van der Waals surface area contributed by atoms with Gasteiger partial charge < -0.3 is 18.8 Å². The molecule has 1 heterocycles. The highest BCUT2D eigenvalue weighted by Gasteiger charge is 2.12. The lowest BCUT2D eigenvalue weighted by atomic mass is 9.98. The largest absolute Gasteiger partial charge is 0.496 e. The van der Waals surface area contributed by atoms with Crippen molar-refractivity contribution in [2.24, 2.45) is 0 Å². The molecule has 1 aromatic heterocycles. The first-order chi connectivity index (χ1) is 21.9. The molecule has 0 bridgehead atoms. The molecule has 0 saturated carbocycles. The second kappa shape index (κ2) is 17.5. The molecule has 0 spiro atoms. The van der Waals surface area contributed by atoms with Crippen molar-refractivity contribution in [2.45, 2.75) is 63.6 Å². The number of hydrogen-bond acceptors (Lipinski definition) is 6. The molecular weight excluding hydrogens is 584 g/mol. The van der Waals surface area contributed by atoms with Crippen LogP contribution in [-0.2, 0) is 39.0 Å². The van der Waals surface area contributed by atoms with Gasteiger partial charge in [-0.1, -0.05) is 44.5 Å². The first kappa shape index (κ1) is 33.9. The number of allylic oxidation sites excluding steroid dienone is 1. The SMILES string of the molecule is CCCCOCCOc1ccc(-c2cc(C)c(OC)c(/C=C/C(=O)Cc3ccc([S@@](=O)Cc4cncn4CCC)cc3)c2)cc1. The maximum Gasteiger partial charge on any atom is 0.160 e. The standard InChI is InChI=1S/C37H44N2O5S/c1-5-7-19-43-20-21-44-35-14-11-30(12-15-35)32-22-28(3)37(42-4)31(24-32)10-13-34(40)23-29-8-16-36(17-9-29)45(41)26-33-25-38-27-39(33)18-6-2/h8-17,22,24-25,27H,5-7,18-21,23,26H2,1-4H3/b13-10+/t45-/m0/s1. The Morgan fingerprint density at radius 1 is 0.956 bits per heavy atom. The van der Waals surface area contributed by atoms with Crippen LogP contribution in [0.25, 0.3) is 17.2 Å². The van der Waals surface area contributed by atoms with Crippen molar-refractivity contribution in [2.75, 3.05) is 26.9 Å². The molecule has 3 aromatic carbocycles. The van der Waals surface area contributed by atoms with Crippen molar-refractivity contribution < 1.29 is 23.2 Å². The average Bonchev–Trinajstić information content (AvgIpc) is 3.48. The number of benzene rings is 3. The summed E-state index contributed by atoms with van der Waals surface area (Å²) >= 11 is 0. The molecular formula is C37H44N2O5S. The normalized spacial score (nSPS) is 12.0. The van der Waals surface area contributed by atoms with E-state index >= 15 is 0 Å². The molecule has 0 saturated heterocycles. The van der Waals surface area contributed by atoms with E-state index in [1.165, 1.54) is 0 Å². The minimum absolute atomic E-state index is 0.0300. The van der Waals surface area contributed by atoms with Gasteiger partial charge in [0.05, 0.1) is 42.3 Å². The Morgan fingerprint density at radius 2 is 1.73 bits per heavy atom. The fourth-order valence-electron chi connectivity index (χ4n) is 5.01. The van der Waals surface area contributed by atoms with Gasteiger partial charge in [-0.05, 0) is 90.6 Å². The van der Waals surface area contributed by atoms with Gasteiger partial charge in [-0.25, -0.2) is 4.98 Å². The van der Waals surface area contributed by atoms with E-state index in [-0.39, 0.29) is 12.2 Å². The highest BCUT2D eigenvalue weighted by Crippen LogP contribution is 2.32. The van der Waals surface area contributed by atoms with Crippen molar-refractivity contribution in [1.29, 1.82) is 0 Å². The Labute approximate surface area is 269 Å². The molecule has 45 heavy (non-hydrogen) atoms. The molecule has 4 rings (SSSR count). The van der Waals surface area contributed by atoms with E-state index in [0.717, 1.165) is 82.3 Å². The van der Waals surface area contributed by atoms with E-state index in [2.05, 4.69) is 24.9 Å². The monoisotopic (exact) mass is 628 g/mol. The molecule has 4 aromatic rings. The third-order valence-corrected chi connectivity index (χ3v) is 8.75. The number of unbranched alkanes of at least 4 members (excludes halogenated alkanes) is 1. The second-order valence-electron chi connectivity index (χ2n) is 10.9. The Hall–Kier alpha value is -4.01. The van der Waals surface area contributed by atoms with Crippen LogP contribution in [0.4, 0.5) is 0 Å². The van der Waals surface area contributed by atoms with Gasteiger partial charge in [0.1, 0.15) is 18.1 Å². The van der Waals surface area contributed by atoms with Crippen LogP contribution in [-0.4, -0.2) is 46.5 Å². The van der Waals surface area contributed by atoms with Crippen LogP contribution in [0.1, 0.15) is 55.5 Å². The first-order valence-electron chi connectivity index (χ1n) is 15.6. The number of rotatable bonds is 18. The van der Waals surface area contributed by atoms with Crippen LogP contribution < -0.4 is 9.47 Å². The van der Waals surface area contributed by atoms with Gasteiger partial charge in [-0.3, -0.25) is 9.00 Å². The van der Waals surface area contributed by atoms with Crippen LogP contribution in [0, 0.1) is 6.92 Å². The Balaban J connectivity index is 1.37. The van der Waals surface area contributed by atoms with Crippen LogP contribution in [0.5, 0.6) is 11.5 Å². The molecule has 8 heteroatoms. The average molecular weight is 629 g/mol. The Morgan fingerprint density at radius 3 is 2.44 bits per heavy atom. The molecule has 238 valence electrons. The van der Waals surface area contributed by atoms with Crippen LogP contribution in [0.15, 0.2) is 84.2 Å². The highest BCUT2D eigenvalue weighted by atomic mass is 32.2. The Kier molecular flexibility index (Phi) is 13.2. The van der Waals surface area contributed by atoms with Crippen molar-refractivity contribution in [3.63, 3.8) is 0 Å². The molecule has 0 aliphatic heterocycles. The van der Waals surface area contributed by atoms with Crippen LogP contribution in [0.3, 0.4) is 0 Å². The van der Waals surface area contributed by atoms with Gasteiger partial charge in [0, 0.05) is 36.2 Å². The van der Waals surface area contributed by atoms with E-state index in [4.69, 9.17) is 14.2 Å². The van der Waals surface area contributed by atoms with Crippen LogP contribution >= 0.6 is 0 Å². The zero-order valence-corrected chi connectivity index (χ0v) is 27.6. The topological polar surface area (TPSA) is 79.7 Å². The van der Waals surface area contributed by atoms with Crippen molar-refractivity contribution in [3.8, 4) is 22.6 Å². The number of imidazole rings is 1. The third kappa shape index (κ3) is 9.99. The fraction of sp³-hybridized carbons (Fsp3) is 0.351. The third-order valence-electron chi connectivity index (χ3n) is 7.39. The summed E-state index contributed by atoms with van der Waals surface area (Å²) in [5.74, 6) is 1.91. The number of hydrogen-bond donors (Lipinski definition) is 0. The number of aromatic nitrogens is 2. The lowest BCUT2D eigenvalue weighted by Gasteiger charge is -2.13. The number of nitrogens with zero attached hydrogens (tertiary/aromatic N) is 2. The lowest BCUT2D eigenvalue weighted by molar-refractivity contribution is -0.113. The fourth-order valence-corrected chi connectivity index (χ4v) is 6.13. The smallest absolute Gasteiger partial charge is 0.160 e. The zero-order chi connectivity index (χ0) is 32.0. The molecule has 0 unspecified atom stereocenters. The number of carbonyl (C=O) groups excluding carboxylic acids is 1. The summed E-state index contributed by atoms with van der Waals surface area (Å²) in [5, 5.41) is 0. The van der Waals surface area contributed by atoms with E-state index in [9.17, 15) is 9.00 Å². The summed E-state index contributed by atoms with van der Waals surface area (Å²) in [6.45, 7) is 8.97. The number of ketones is 1. The Bertz CT molecular complexity index is 1580. The summed E-state index contributed by atoms with van der Waals surface area (Å²) < 4.78 is 32.1. The molecule has 0 aliphatic carbocycles. The number of methoxy groups -OCH3 is 1. The van der Waals surface area contributed by atoms with E-state index < -0.39 is 10.8 Å². The van der Waals surface area contributed by atoms with Gasteiger partial charge >= 0.3 is 0 Å². The maximum absolute atomic E-state index is 12.9. The summed E-state index contributed by atoms with van der Waals surface area (Å²) in [5.41, 5.74) is 5.70. The van der Waals surface area contributed by atoms with Gasteiger partial charge in [0.15, 0.2) is 5.78 Å². The van der Waals surface area contributed by atoms with Gasteiger partial charge in [-0.2, -0.15) is 0 Å². The van der Waals surface area contributed by atoms with Gasteiger partial charge in [-0.15, -0.1) is 0 Å². The maximum atomic E-state index is 12.9. The van der Waals surface area contributed by atoms with Crippen molar-refractivity contribution >= 4 is 22.7 Å². The molecule has 7 nitrogen and oxygen atoms in total. The highest BCUT2D eigenvalue weighted by molar-refractivity contribution is 7.84. The first-order valence-corrected chi connectivity index (χ1v) is 16.9. The lowest BCUT2D eigenvalue weighted by Crippen LogP contribution is -2.07. The predicted octanol–water partition coefficient (Wildman–Crippen LogP) is 7.61. The summed E-state index contributed by atoms with van der Waals surface area (Å²) in [7, 11) is 0.450. The number of aryl methyl sites for hydroxylation is 2. The van der Waals surface area contributed by atoms with E-state index in [0.29, 0.717) is 19.0 Å². The summed E-state index contributed by atoms with van der Waals surface area (Å²) in [4.78, 5) is 17.9. The zero-order valence-electron chi connectivity index (χ0n) is 26.8. The van der Waals surface area contributed by atoms with E-state index in [1.54, 1.807) is 25.7 Å². The van der Waals surface area contributed by atoms with E-state index in [1.807, 2.05) is 72.2 Å². The quantitative estimate of drug-likeness (QED) is 0.0834. The van der Waals surface area contributed by atoms with Crippen molar-refractivity contribution in [1.82, 2.24) is 9.55 Å². The molecule has 0 amide bonds. The number of ether oxygens (including phenoxy) is 3. The van der Waals surface area contributed by atoms with Crippen LogP contribution in [0.2, 0.25) is 0 Å². The van der Waals surface area contributed by atoms with Gasteiger partial charge in [0.2, 0.25) is 0 Å². The minimum atomic E-state index is -1.19. The molecule has 0 aliphatic rings. The molecule has 0 radical (unpaired) electrons. The predicted molar refractivity (Wildman–Crippen MR) is 181 cm³/mol. The number of carbonyl (C=O) groups is 1.